The van der Waals surface area contributed by atoms with Crippen LogP contribution in [0.4, 0.5) is 5.69 Å². The highest BCUT2D eigenvalue weighted by Gasteiger charge is 2.08. The fourth-order valence-corrected chi connectivity index (χ4v) is 1.39. The third-order valence-corrected chi connectivity index (χ3v) is 2.46. The number of nitrogens with two attached hydrogens (primary N) is 1. The summed E-state index contributed by atoms with van der Waals surface area (Å²) in [5.74, 6) is 0. The van der Waals surface area contributed by atoms with Gasteiger partial charge in [-0.1, -0.05) is 19.1 Å². The molecule has 0 aliphatic heterocycles. The fourth-order valence-electron chi connectivity index (χ4n) is 1.39. The summed E-state index contributed by atoms with van der Waals surface area (Å²) in [4.78, 5) is 0. The summed E-state index contributed by atoms with van der Waals surface area (Å²) in [7, 11) is 0. The van der Waals surface area contributed by atoms with Crippen molar-refractivity contribution in [1.29, 1.82) is 0 Å². The molecular formula is C13H22N2. The summed E-state index contributed by atoms with van der Waals surface area (Å²) in [6.45, 7) is 7.19. The smallest absolute Gasteiger partial charge is 0.0340 e. The lowest BCUT2D eigenvalue weighted by Gasteiger charge is -2.18. The van der Waals surface area contributed by atoms with Gasteiger partial charge in [-0.15, -0.1) is 0 Å². The molecule has 3 N–H and O–H groups in total. The Balaban J connectivity index is 2.38. The Kier molecular flexibility index (Phi) is 4.15. The van der Waals surface area contributed by atoms with Gasteiger partial charge < -0.3 is 11.1 Å². The van der Waals surface area contributed by atoms with Crippen LogP contribution in [0, 0.1) is 0 Å². The molecule has 15 heavy (non-hydrogen) atoms. The van der Waals surface area contributed by atoms with E-state index in [0.717, 1.165) is 19.4 Å². The zero-order valence-corrected chi connectivity index (χ0v) is 10.0. The highest BCUT2D eigenvalue weighted by molar-refractivity contribution is 5.44. The minimum atomic E-state index is -0.0869. The maximum Gasteiger partial charge on any atom is 0.0340 e. The molecular weight excluding hydrogens is 184 g/mol. The highest BCUT2D eigenvalue weighted by atomic mass is 14.9. The van der Waals surface area contributed by atoms with Crippen molar-refractivity contribution in [1.82, 2.24) is 0 Å². The van der Waals surface area contributed by atoms with Crippen LogP contribution >= 0.6 is 0 Å². The lowest BCUT2D eigenvalue weighted by atomic mass is 10.0. The lowest BCUT2D eigenvalue weighted by Crippen LogP contribution is -2.34. The normalized spacial score (nSPS) is 11.5. The monoisotopic (exact) mass is 206 g/mol. The van der Waals surface area contributed by atoms with Crippen LogP contribution in [0.25, 0.3) is 0 Å². The quantitative estimate of drug-likeness (QED) is 0.777. The van der Waals surface area contributed by atoms with Gasteiger partial charge >= 0.3 is 0 Å². The van der Waals surface area contributed by atoms with Crippen molar-refractivity contribution in [3.63, 3.8) is 0 Å². The molecule has 1 rings (SSSR count). The van der Waals surface area contributed by atoms with Crippen molar-refractivity contribution >= 4 is 5.69 Å². The van der Waals surface area contributed by atoms with Gasteiger partial charge in [0.25, 0.3) is 0 Å². The van der Waals surface area contributed by atoms with Crippen LogP contribution in [0.3, 0.4) is 0 Å². The minimum absolute atomic E-state index is 0.0869. The standard InChI is InChI=1S/C13H22N2/c1-4-11-5-7-12(8-6-11)15-10-9-13(2,3)14/h5-8,15H,4,9-10,14H2,1-3H3. The topological polar surface area (TPSA) is 38.0 Å². The second-order valence-corrected chi connectivity index (χ2v) is 4.72. The number of rotatable bonds is 5. The van der Waals surface area contributed by atoms with Gasteiger partial charge in [0.15, 0.2) is 0 Å². The zero-order chi connectivity index (χ0) is 11.3. The van der Waals surface area contributed by atoms with Crippen molar-refractivity contribution < 1.29 is 0 Å². The van der Waals surface area contributed by atoms with Gasteiger partial charge in [-0.2, -0.15) is 0 Å². The summed E-state index contributed by atoms with van der Waals surface area (Å²) < 4.78 is 0. The highest BCUT2D eigenvalue weighted by Crippen LogP contribution is 2.11. The predicted octanol–water partition coefficient (Wildman–Crippen LogP) is 2.79. The molecule has 0 spiro atoms. The largest absolute Gasteiger partial charge is 0.385 e. The molecule has 2 nitrogen and oxygen atoms in total. The van der Waals surface area contributed by atoms with Crippen LogP contribution in [0.1, 0.15) is 32.8 Å². The number of nitrogens with one attached hydrogen (secondary N) is 1. The SMILES string of the molecule is CCc1ccc(NCCC(C)(C)N)cc1. The molecule has 0 saturated carbocycles. The second-order valence-electron chi connectivity index (χ2n) is 4.72. The third-order valence-electron chi connectivity index (χ3n) is 2.46. The van der Waals surface area contributed by atoms with Crippen molar-refractivity contribution in [2.75, 3.05) is 11.9 Å². The van der Waals surface area contributed by atoms with E-state index >= 15 is 0 Å². The van der Waals surface area contributed by atoms with E-state index < -0.39 is 0 Å². The Hall–Kier alpha value is -1.02. The van der Waals surface area contributed by atoms with Gasteiger partial charge in [-0.25, -0.2) is 0 Å². The Labute approximate surface area is 92.9 Å². The summed E-state index contributed by atoms with van der Waals surface area (Å²) in [6, 6.07) is 8.58. The summed E-state index contributed by atoms with van der Waals surface area (Å²) in [6.07, 6.45) is 2.07. The Morgan fingerprint density at radius 2 is 1.80 bits per heavy atom. The van der Waals surface area contributed by atoms with E-state index in [0.29, 0.717) is 0 Å². The number of benzene rings is 1. The molecule has 0 saturated heterocycles. The summed E-state index contributed by atoms with van der Waals surface area (Å²) in [5, 5.41) is 3.37. The van der Waals surface area contributed by atoms with Crippen LogP contribution in [-0.2, 0) is 6.42 Å². The van der Waals surface area contributed by atoms with Gasteiger partial charge in [-0.05, 0) is 44.4 Å². The number of aryl methyl sites for hydroxylation is 1. The molecule has 0 heterocycles. The van der Waals surface area contributed by atoms with Crippen LogP contribution in [-0.4, -0.2) is 12.1 Å². The average molecular weight is 206 g/mol. The Bertz CT molecular complexity index is 282. The molecule has 1 aromatic carbocycles. The van der Waals surface area contributed by atoms with Gasteiger partial charge in [0.05, 0.1) is 0 Å². The van der Waals surface area contributed by atoms with E-state index in [2.05, 4.69) is 50.4 Å². The first-order valence-electron chi connectivity index (χ1n) is 5.63. The first-order chi connectivity index (χ1) is 7.01. The molecule has 1 aromatic rings. The molecule has 84 valence electrons. The second kappa shape index (κ2) is 5.17. The molecule has 0 aromatic heterocycles. The lowest BCUT2D eigenvalue weighted by molar-refractivity contribution is 0.491. The molecule has 0 aliphatic carbocycles. The molecule has 0 unspecified atom stereocenters. The van der Waals surface area contributed by atoms with E-state index in [9.17, 15) is 0 Å². The van der Waals surface area contributed by atoms with Gasteiger partial charge in [-0.3, -0.25) is 0 Å². The predicted molar refractivity (Wildman–Crippen MR) is 67.2 cm³/mol. The van der Waals surface area contributed by atoms with E-state index in [1.807, 2.05) is 0 Å². The first kappa shape index (κ1) is 12.1. The minimum Gasteiger partial charge on any atom is -0.385 e. The summed E-state index contributed by atoms with van der Waals surface area (Å²) in [5.41, 5.74) is 8.37. The average Bonchev–Trinajstić information content (AvgIpc) is 2.17. The van der Waals surface area contributed by atoms with Crippen molar-refractivity contribution in [2.24, 2.45) is 5.73 Å². The third kappa shape index (κ3) is 4.84. The van der Waals surface area contributed by atoms with Crippen molar-refractivity contribution in [3.05, 3.63) is 29.8 Å². The number of anilines is 1. The van der Waals surface area contributed by atoms with Gasteiger partial charge in [0, 0.05) is 17.8 Å². The maximum atomic E-state index is 5.91. The maximum absolute atomic E-state index is 5.91. The van der Waals surface area contributed by atoms with E-state index in [4.69, 9.17) is 5.73 Å². The molecule has 2 heteroatoms. The molecule has 0 atom stereocenters. The van der Waals surface area contributed by atoms with E-state index in [-0.39, 0.29) is 5.54 Å². The molecule has 0 bridgehead atoms. The van der Waals surface area contributed by atoms with Crippen LogP contribution in [0.15, 0.2) is 24.3 Å². The van der Waals surface area contributed by atoms with E-state index in [1.165, 1.54) is 11.3 Å². The molecule has 0 amide bonds. The molecule has 0 aliphatic rings. The number of hydrogen-bond acceptors (Lipinski definition) is 2. The molecule has 0 fully saturated rings. The molecule has 0 radical (unpaired) electrons. The first-order valence-corrected chi connectivity index (χ1v) is 5.63. The van der Waals surface area contributed by atoms with Crippen molar-refractivity contribution in [3.8, 4) is 0 Å². The van der Waals surface area contributed by atoms with E-state index in [1.54, 1.807) is 0 Å². The van der Waals surface area contributed by atoms with Crippen LogP contribution < -0.4 is 11.1 Å². The van der Waals surface area contributed by atoms with Crippen LogP contribution in [0.5, 0.6) is 0 Å². The fraction of sp³-hybridized carbons (Fsp3) is 0.538. The Morgan fingerprint density at radius 1 is 1.20 bits per heavy atom. The van der Waals surface area contributed by atoms with Gasteiger partial charge in [0.2, 0.25) is 0 Å². The van der Waals surface area contributed by atoms with Crippen molar-refractivity contribution in [2.45, 2.75) is 39.2 Å². The Morgan fingerprint density at radius 3 is 2.27 bits per heavy atom. The van der Waals surface area contributed by atoms with Crippen LogP contribution in [0.2, 0.25) is 0 Å². The van der Waals surface area contributed by atoms with Gasteiger partial charge in [0.1, 0.15) is 0 Å². The zero-order valence-electron chi connectivity index (χ0n) is 10.0. The number of hydrogen-bond donors (Lipinski definition) is 2. The summed E-state index contributed by atoms with van der Waals surface area (Å²) >= 11 is 0.